The first kappa shape index (κ1) is 16.4. The molecule has 2 N–H and O–H groups in total. The monoisotopic (exact) mass is 276 g/mol. The van der Waals surface area contributed by atoms with Crippen molar-refractivity contribution in [3.63, 3.8) is 0 Å². The minimum atomic E-state index is 0. The van der Waals surface area contributed by atoms with Crippen LogP contribution in [0.2, 0.25) is 0 Å². The predicted octanol–water partition coefficient (Wildman–Crippen LogP) is 2.62. The van der Waals surface area contributed by atoms with Crippen LogP contribution in [0.1, 0.15) is 30.6 Å². The Bertz CT molecular complexity index is 327. The highest BCUT2D eigenvalue weighted by Gasteiger charge is 2.14. The van der Waals surface area contributed by atoms with Gasteiger partial charge in [0.05, 0.1) is 5.56 Å². The Kier molecular flexibility index (Phi) is 7.43. The molecule has 0 fully saturated rings. The number of carbonyl (C=O) groups is 1. The molecule has 0 spiro atoms. The normalized spacial score (nSPS) is 12.1. The van der Waals surface area contributed by atoms with Crippen LogP contribution in [-0.2, 0) is 0 Å². The van der Waals surface area contributed by atoms with E-state index in [2.05, 4.69) is 13.8 Å². The summed E-state index contributed by atoms with van der Waals surface area (Å²) in [5, 5.41) is 3.79. The van der Waals surface area contributed by atoms with Gasteiger partial charge in [0.1, 0.15) is 0 Å². The van der Waals surface area contributed by atoms with Crippen LogP contribution in [0.25, 0.3) is 0 Å². The van der Waals surface area contributed by atoms with E-state index in [0.29, 0.717) is 12.5 Å². The molecule has 5 heteroatoms. The molecule has 0 aromatic carbocycles. The number of hydrogen-bond donors (Lipinski definition) is 1. The molecule has 0 aliphatic rings. The van der Waals surface area contributed by atoms with E-state index in [4.69, 9.17) is 5.73 Å². The van der Waals surface area contributed by atoms with E-state index in [1.165, 1.54) is 0 Å². The topological polar surface area (TPSA) is 46.3 Å². The van der Waals surface area contributed by atoms with Crippen molar-refractivity contribution in [2.75, 3.05) is 13.6 Å². The molecule has 0 saturated heterocycles. The maximum atomic E-state index is 11.9. The summed E-state index contributed by atoms with van der Waals surface area (Å²) >= 11 is 1.54. The fraction of sp³-hybridized carbons (Fsp3) is 0.583. The van der Waals surface area contributed by atoms with Gasteiger partial charge in [-0.1, -0.05) is 13.8 Å². The SMILES string of the molecule is CC(C)C(N)CCN(C)C(=O)c1ccsc1.Cl. The molecule has 0 aliphatic heterocycles. The van der Waals surface area contributed by atoms with Crippen molar-refractivity contribution in [2.45, 2.75) is 26.3 Å². The van der Waals surface area contributed by atoms with Crippen molar-refractivity contribution >= 4 is 29.7 Å². The molecule has 98 valence electrons. The van der Waals surface area contributed by atoms with E-state index in [1.807, 2.05) is 23.9 Å². The lowest BCUT2D eigenvalue weighted by molar-refractivity contribution is 0.0789. The van der Waals surface area contributed by atoms with Crippen LogP contribution in [-0.4, -0.2) is 30.4 Å². The second-order valence-electron chi connectivity index (χ2n) is 4.44. The molecule has 1 aromatic heterocycles. The molecule has 1 rings (SSSR count). The Labute approximate surface area is 113 Å². The highest BCUT2D eigenvalue weighted by atomic mass is 35.5. The van der Waals surface area contributed by atoms with Gasteiger partial charge in [0, 0.05) is 25.0 Å². The van der Waals surface area contributed by atoms with Crippen LogP contribution in [0.3, 0.4) is 0 Å². The molecular weight excluding hydrogens is 256 g/mol. The van der Waals surface area contributed by atoms with Gasteiger partial charge < -0.3 is 10.6 Å². The Morgan fingerprint density at radius 2 is 2.18 bits per heavy atom. The molecule has 17 heavy (non-hydrogen) atoms. The molecule has 0 radical (unpaired) electrons. The van der Waals surface area contributed by atoms with Crippen molar-refractivity contribution in [3.05, 3.63) is 22.4 Å². The lowest BCUT2D eigenvalue weighted by Crippen LogP contribution is -2.34. The van der Waals surface area contributed by atoms with Crippen molar-refractivity contribution in [3.8, 4) is 0 Å². The molecule has 1 atom stereocenters. The number of halogens is 1. The summed E-state index contributed by atoms with van der Waals surface area (Å²) in [4.78, 5) is 13.6. The van der Waals surface area contributed by atoms with Crippen LogP contribution < -0.4 is 5.73 Å². The van der Waals surface area contributed by atoms with Crippen molar-refractivity contribution in [1.29, 1.82) is 0 Å². The molecular formula is C12H21ClN2OS. The molecule has 0 saturated carbocycles. The van der Waals surface area contributed by atoms with Crippen molar-refractivity contribution in [1.82, 2.24) is 4.90 Å². The zero-order valence-corrected chi connectivity index (χ0v) is 12.2. The standard InChI is InChI=1S/C12H20N2OS.ClH/c1-9(2)11(13)4-6-14(3)12(15)10-5-7-16-8-10;/h5,7-9,11H,4,6,13H2,1-3H3;1H. The first-order valence-electron chi connectivity index (χ1n) is 5.55. The minimum Gasteiger partial charge on any atom is -0.342 e. The fourth-order valence-corrected chi connectivity index (χ4v) is 2.01. The predicted molar refractivity (Wildman–Crippen MR) is 76.0 cm³/mol. The lowest BCUT2D eigenvalue weighted by atomic mass is 10.0. The van der Waals surface area contributed by atoms with Crippen LogP contribution in [0.5, 0.6) is 0 Å². The molecule has 0 bridgehead atoms. The van der Waals surface area contributed by atoms with Crippen molar-refractivity contribution in [2.24, 2.45) is 11.7 Å². The summed E-state index contributed by atoms with van der Waals surface area (Å²) in [6.07, 6.45) is 0.851. The van der Waals surface area contributed by atoms with Gasteiger partial charge in [-0.3, -0.25) is 4.79 Å². The summed E-state index contributed by atoms with van der Waals surface area (Å²) in [5.41, 5.74) is 6.72. The summed E-state index contributed by atoms with van der Waals surface area (Å²) in [7, 11) is 1.83. The second kappa shape index (κ2) is 7.69. The van der Waals surface area contributed by atoms with E-state index < -0.39 is 0 Å². The van der Waals surface area contributed by atoms with E-state index in [0.717, 1.165) is 12.0 Å². The van der Waals surface area contributed by atoms with Crippen LogP contribution >= 0.6 is 23.7 Å². The molecule has 3 nitrogen and oxygen atoms in total. The quantitative estimate of drug-likeness (QED) is 0.899. The number of nitrogens with zero attached hydrogens (tertiary/aromatic N) is 1. The van der Waals surface area contributed by atoms with Gasteiger partial charge in [-0.15, -0.1) is 12.4 Å². The third-order valence-electron chi connectivity index (χ3n) is 2.77. The third kappa shape index (κ3) is 5.06. The average Bonchev–Trinajstić information content (AvgIpc) is 2.77. The third-order valence-corrected chi connectivity index (χ3v) is 3.45. The van der Waals surface area contributed by atoms with E-state index in [-0.39, 0.29) is 24.4 Å². The van der Waals surface area contributed by atoms with Gasteiger partial charge in [0.25, 0.3) is 5.91 Å². The maximum Gasteiger partial charge on any atom is 0.254 e. The minimum absolute atomic E-state index is 0. The van der Waals surface area contributed by atoms with Gasteiger partial charge in [0.2, 0.25) is 0 Å². The number of hydrogen-bond acceptors (Lipinski definition) is 3. The van der Waals surface area contributed by atoms with Gasteiger partial charge in [-0.25, -0.2) is 0 Å². The Morgan fingerprint density at radius 1 is 1.53 bits per heavy atom. The second-order valence-corrected chi connectivity index (χ2v) is 5.22. The Hall–Kier alpha value is -0.580. The Morgan fingerprint density at radius 3 is 2.65 bits per heavy atom. The first-order valence-corrected chi connectivity index (χ1v) is 6.50. The largest absolute Gasteiger partial charge is 0.342 e. The summed E-state index contributed by atoms with van der Waals surface area (Å²) in [6.45, 7) is 4.92. The number of amides is 1. The van der Waals surface area contributed by atoms with Gasteiger partial charge in [-0.05, 0) is 23.8 Å². The molecule has 0 aliphatic carbocycles. The summed E-state index contributed by atoms with van der Waals surface area (Å²) in [6, 6.07) is 2.02. The van der Waals surface area contributed by atoms with Gasteiger partial charge >= 0.3 is 0 Å². The van der Waals surface area contributed by atoms with E-state index in [9.17, 15) is 4.79 Å². The van der Waals surface area contributed by atoms with Crippen LogP contribution in [0, 0.1) is 5.92 Å². The molecule has 1 aromatic rings. The van der Waals surface area contributed by atoms with Gasteiger partial charge in [0.15, 0.2) is 0 Å². The molecule has 1 amide bonds. The van der Waals surface area contributed by atoms with E-state index >= 15 is 0 Å². The van der Waals surface area contributed by atoms with E-state index in [1.54, 1.807) is 16.2 Å². The zero-order valence-electron chi connectivity index (χ0n) is 10.6. The maximum absolute atomic E-state index is 11.9. The summed E-state index contributed by atoms with van der Waals surface area (Å²) < 4.78 is 0. The molecule has 1 unspecified atom stereocenters. The van der Waals surface area contributed by atoms with Crippen LogP contribution in [0.4, 0.5) is 0 Å². The number of thiophene rings is 1. The summed E-state index contributed by atoms with van der Waals surface area (Å²) in [5.74, 6) is 0.543. The fourth-order valence-electron chi connectivity index (χ4n) is 1.38. The van der Waals surface area contributed by atoms with Crippen LogP contribution in [0.15, 0.2) is 16.8 Å². The Balaban J connectivity index is 0.00000256. The zero-order chi connectivity index (χ0) is 12.1. The number of rotatable bonds is 5. The smallest absolute Gasteiger partial charge is 0.254 e. The lowest BCUT2D eigenvalue weighted by Gasteiger charge is -2.21. The number of carbonyl (C=O) groups excluding carboxylic acids is 1. The number of nitrogens with two attached hydrogens (primary N) is 1. The van der Waals surface area contributed by atoms with Crippen molar-refractivity contribution < 1.29 is 4.79 Å². The first-order chi connectivity index (χ1) is 7.52. The highest BCUT2D eigenvalue weighted by Crippen LogP contribution is 2.10. The average molecular weight is 277 g/mol. The van der Waals surface area contributed by atoms with Gasteiger partial charge in [-0.2, -0.15) is 11.3 Å². The highest BCUT2D eigenvalue weighted by molar-refractivity contribution is 7.08. The molecule has 1 heterocycles.